The maximum absolute atomic E-state index is 12.2. The van der Waals surface area contributed by atoms with Crippen molar-refractivity contribution in [3.05, 3.63) is 30.3 Å². The Morgan fingerprint density at radius 3 is 2.72 bits per heavy atom. The first-order valence-corrected chi connectivity index (χ1v) is 8.17. The molecule has 2 fully saturated rings. The standard InChI is InChI=1S/C17H23NO7/c1-17(2)24-15-13(14(11(20)8-19)23-16(15)25-17)18-12(21)9-22-10-6-4-3-5-7-10/h3-7,11,13-16,19-20H,8-9H2,1-2H3,(H,18,21)/t11-,13-,14-,15-,16-/m1/s1. The Labute approximate surface area is 145 Å². The van der Waals surface area contributed by atoms with Crippen molar-refractivity contribution in [2.24, 2.45) is 0 Å². The fourth-order valence-corrected chi connectivity index (χ4v) is 3.02. The molecule has 8 heteroatoms. The van der Waals surface area contributed by atoms with E-state index < -0.39 is 43.0 Å². The van der Waals surface area contributed by atoms with Crippen molar-refractivity contribution in [3.63, 3.8) is 0 Å². The number of hydrogen-bond acceptors (Lipinski definition) is 7. The van der Waals surface area contributed by atoms with Crippen molar-refractivity contribution in [2.45, 2.75) is 50.3 Å². The van der Waals surface area contributed by atoms with Gasteiger partial charge in [-0.3, -0.25) is 4.79 Å². The van der Waals surface area contributed by atoms with E-state index in [0.717, 1.165) is 0 Å². The summed E-state index contributed by atoms with van der Waals surface area (Å²) in [6.45, 7) is 2.79. The Balaban J connectivity index is 1.63. The normalized spacial score (nSPS) is 31.4. The third-order valence-corrected chi connectivity index (χ3v) is 4.09. The Bertz CT molecular complexity index is 594. The van der Waals surface area contributed by atoms with Crippen LogP contribution in [0, 0.1) is 0 Å². The lowest BCUT2D eigenvalue weighted by Crippen LogP contribution is -2.53. The van der Waals surface area contributed by atoms with Gasteiger partial charge in [0.15, 0.2) is 18.7 Å². The number of carbonyl (C=O) groups excluding carboxylic acids is 1. The minimum absolute atomic E-state index is 0.190. The van der Waals surface area contributed by atoms with Crippen molar-refractivity contribution in [1.82, 2.24) is 5.32 Å². The second-order valence-electron chi connectivity index (χ2n) is 6.51. The molecule has 5 atom stereocenters. The van der Waals surface area contributed by atoms with Crippen LogP contribution in [0.4, 0.5) is 0 Å². The highest BCUT2D eigenvalue weighted by Gasteiger charge is 2.56. The molecule has 0 aliphatic carbocycles. The van der Waals surface area contributed by atoms with Crippen LogP contribution in [-0.2, 0) is 19.0 Å². The minimum Gasteiger partial charge on any atom is -0.484 e. The summed E-state index contributed by atoms with van der Waals surface area (Å²) >= 11 is 0. The van der Waals surface area contributed by atoms with Crippen LogP contribution in [0.2, 0.25) is 0 Å². The molecule has 3 N–H and O–H groups in total. The van der Waals surface area contributed by atoms with Gasteiger partial charge in [-0.15, -0.1) is 0 Å². The number of aliphatic hydroxyl groups excluding tert-OH is 2. The first kappa shape index (κ1) is 18.1. The number of para-hydroxylation sites is 1. The van der Waals surface area contributed by atoms with Gasteiger partial charge in [-0.1, -0.05) is 18.2 Å². The molecule has 2 aliphatic heterocycles. The van der Waals surface area contributed by atoms with Crippen molar-refractivity contribution in [3.8, 4) is 5.75 Å². The van der Waals surface area contributed by atoms with Gasteiger partial charge in [0.25, 0.3) is 5.91 Å². The average molecular weight is 353 g/mol. The third-order valence-electron chi connectivity index (χ3n) is 4.09. The smallest absolute Gasteiger partial charge is 0.258 e. The molecule has 138 valence electrons. The van der Waals surface area contributed by atoms with Gasteiger partial charge in [0.05, 0.1) is 12.6 Å². The summed E-state index contributed by atoms with van der Waals surface area (Å²) in [5.41, 5.74) is 0. The molecule has 0 aromatic heterocycles. The predicted octanol–water partition coefficient (Wildman–Crippen LogP) is -0.220. The summed E-state index contributed by atoms with van der Waals surface area (Å²) in [5, 5.41) is 21.9. The van der Waals surface area contributed by atoms with E-state index in [2.05, 4.69) is 5.32 Å². The highest BCUT2D eigenvalue weighted by Crippen LogP contribution is 2.38. The molecule has 2 aliphatic rings. The van der Waals surface area contributed by atoms with Gasteiger partial charge in [-0.25, -0.2) is 0 Å². The second-order valence-corrected chi connectivity index (χ2v) is 6.51. The topological polar surface area (TPSA) is 106 Å². The van der Waals surface area contributed by atoms with Crippen LogP contribution >= 0.6 is 0 Å². The number of fused-ring (bicyclic) bond motifs is 1. The summed E-state index contributed by atoms with van der Waals surface area (Å²) in [7, 11) is 0. The lowest BCUT2D eigenvalue weighted by atomic mass is 10.0. The van der Waals surface area contributed by atoms with Crippen molar-refractivity contribution >= 4 is 5.91 Å². The number of nitrogens with one attached hydrogen (secondary N) is 1. The molecule has 1 aromatic carbocycles. The number of aliphatic hydroxyl groups is 2. The highest BCUT2D eigenvalue weighted by molar-refractivity contribution is 5.78. The van der Waals surface area contributed by atoms with Gasteiger partial charge in [-0.05, 0) is 26.0 Å². The first-order chi connectivity index (χ1) is 11.9. The molecule has 0 spiro atoms. The zero-order chi connectivity index (χ0) is 18.0. The van der Waals surface area contributed by atoms with Gasteiger partial charge in [0, 0.05) is 0 Å². The molecular formula is C17H23NO7. The maximum Gasteiger partial charge on any atom is 0.258 e. The van der Waals surface area contributed by atoms with Crippen molar-refractivity contribution in [2.75, 3.05) is 13.2 Å². The number of amides is 1. The van der Waals surface area contributed by atoms with Gasteiger partial charge >= 0.3 is 0 Å². The number of ether oxygens (including phenoxy) is 4. The summed E-state index contributed by atoms with van der Waals surface area (Å²) < 4.78 is 22.5. The summed E-state index contributed by atoms with van der Waals surface area (Å²) in [6.07, 6.45) is -3.30. The molecular weight excluding hydrogens is 330 g/mol. The van der Waals surface area contributed by atoms with E-state index in [1.54, 1.807) is 26.0 Å². The van der Waals surface area contributed by atoms with Crippen LogP contribution < -0.4 is 10.1 Å². The molecule has 1 amide bonds. The van der Waals surface area contributed by atoms with E-state index in [9.17, 15) is 15.0 Å². The minimum atomic E-state index is -1.17. The van der Waals surface area contributed by atoms with E-state index in [-0.39, 0.29) is 12.5 Å². The zero-order valence-corrected chi connectivity index (χ0v) is 14.1. The van der Waals surface area contributed by atoms with Crippen LogP contribution in [0.5, 0.6) is 5.75 Å². The largest absolute Gasteiger partial charge is 0.484 e. The number of benzene rings is 1. The SMILES string of the molecule is CC1(C)O[C@H]2O[C@H]([C@H](O)CO)[C@@H](NC(=O)COc3ccccc3)[C@H]2O1. The molecule has 3 rings (SSSR count). The van der Waals surface area contributed by atoms with Gasteiger partial charge in [0.2, 0.25) is 0 Å². The van der Waals surface area contributed by atoms with Gasteiger partial charge in [0.1, 0.15) is 24.1 Å². The Morgan fingerprint density at radius 1 is 1.32 bits per heavy atom. The van der Waals surface area contributed by atoms with E-state index in [4.69, 9.17) is 18.9 Å². The third kappa shape index (κ3) is 4.10. The molecule has 0 saturated carbocycles. The Hall–Kier alpha value is -1.71. The molecule has 25 heavy (non-hydrogen) atoms. The van der Waals surface area contributed by atoms with Crippen molar-refractivity contribution in [1.29, 1.82) is 0 Å². The fourth-order valence-electron chi connectivity index (χ4n) is 3.02. The van der Waals surface area contributed by atoms with Gasteiger partial charge in [-0.2, -0.15) is 0 Å². The number of rotatable bonds is 6. The molecule has 8 nitrogen and oxygen atoms in total. The fraction of sp³-hybridized carbons (Fsp3) is 0.588. The van der Waals surface area contributed by atoms with Crippen LogP contribution in [0.25, 0.3) is 0 Å². The van der Waals surface area contributed by atoms with Crippen LogP contribution in [0.1, 0.15) is 13.8 Å². The maximum atomic E-state index is 12.2. The predicted molar refractivity (Wildman–Crippen MR) is 85.7 cm³/mol. The molecule has 0 bridgehead atoms. The lowest BCUT2D eigenvalue weighted by molar-refractivity contribution is -0.218. The zero-order valence-electron chi connectivity index (χ0n) is 14.1. The summed E-state index contributed by atoms with van der Waals surface area (Å²) in [5.74, 6) is -0.665. The van der Waals surface area contributed by atoms with Crippen molar-refractivity contribution < 1.29 is 34.0 Å². The van der Waals surface area contributed by atoms with Crippen LogP contribution in [-0.4, -0.2) is 65.8 Å². The van der Waals surface area contributed by atoms with Crippen LogP contribution in [0.15, 0.2) is 30.3 Å². The molecule has 2 heterocycles. The second kappa shape index (κ2) is 7.27. The van der Waals surface area contributed by atoms with E-state index >= 15 is 0 Å². The van der Waals surface area contributed by atoms with E-state index in [0.29, 0.717) is 5.75 Å². The summed E-state index contributed by atoms with van der Waals surface area (Å²) in [6, 6.07) is 8.29. The Morgan fingerprint density at radius 2 is 2.04 bits per heavy atom. The lowest BCUT2D eigenvalue weighted by Gasteiger charge is -2.28. The number of carbonyl (C=O) groups is 1. The molecule has 0 unspecified atom stereocenters. The highest BCUT2D eigenvalue weighted by atomic mass is 16.8. The van der Waals surface area contributed by atoms with Gasteiger partial charge < -0.3 is 34.5 Å². The monoisotopic (exact) mass is 353 g/mol. The quantitative estimate of drug-likeness (QED) is 0.649. The Kier molecular flexibility index (Phi) is 5.26. The molecule has 2 saturated heterocycles. The summed E-state index contributed by atoms with van der Waals surface area (Å²) in [4.78, 5) is 12.2. The molecule has 1 aromatic rings. The van der Waals surface area contributed by atoms with E-state index in [1.807, 2.05) is 18.2 Å². The molecule has 0 radical (unpaired) electrons. The first-order valence-electron chi connectivity index (χ1n) is 8.17. The van der Waals surface area contributed by atoms with E-state index in [1.165, 1.54) is 0 Å². The number of hydrogen-bond donors (Lipinski definition) is 3. The average Bonchev–Trinajstić information content (AvgIpc) is 3.06. The van der Waals surface area contributed by atoms with Crippen LogP contribution in [0.3, 0.4) is 0 Å².